The molecule has 14 heavy (non-hydrogen) atoms. The standard InChI is InChI=1S/C7H8N6O/c14-2-1-6-3-8-7(9-4-6)13-5-10-11-12-13/h3-5,14H,1-2H2. The topological polar surface area (TPSA) is 89.6 Å². The molecule has 0 unspecified atom stereocenters. The van der Waals surface area contributed by atoms with Crippen molar-refractivity contribution in [2.75, 3.05) is 6.61 Å². The quantitative estimate of drug-likeness (QED) is 0.670. The molecular formula is C7H8N6O. The van der Waals surface area contributed by atoms with E-state index in [1.165, 1.54) is 11.0 Å². The zero-order valence-corrected chi connectivity index (χ0v) is 7.28. The Kier molecular flexibility index (Phi) is 2.41. The average Bonchev–Trinajstić information content (AvgIpc) is 2.72. The number of hydrogen-bond acceptors (Lipinski definition) is 6. The van der Waals surface area contributed by atoms with Gasteiger partial charge in [0.05, 0.1) is 0 Å². The van der Waals surface area contributed by atoms with Gasteiger partial charge in [0.25, 0.3) is 5.95 Å². The summed E-state index contributed by atoms with van der Waals surface area (Å²) in [5, 5.41) is 19.3. The SMILES string of the molecule is OCCc1cnc(-n2cnnn2)nc1. The first-order valence-electron chi connectivity index (χ1n) is 4.05. The minimum atomic E-state index is 0.0909. The van der Waals surface area contributed by atoms with Crippen LogP contribution in [-0.4, -0.2) is 41.9 Å². The first-order chi connectivity index (χ1) is 6.90. The number of hydrogen-bond donors (Lipinski definition) is 1. The first kappa shape index (κ1) is 8.70. The maximum atomic E-state index is 8.68. The van der Waals surface area contributed by atoms with E-state index >= 15 is 0 Å². The highest BCUT2D eigenvalue weighted by atomic mass is 16.2. The normalized spacial score (nSPS) is 10.4. The summed E-state index contributed by atoms with van der Waals surface area (Å²) < 4.78 is 1.36. The molecule has 0 atom stereocenters. The Morgan fingerprint density at radius 2 is 2.07 bits per heavy atom. The van der Waals surface area contributed by atoms with E-state index in [0.717, 1.165) is 5.56 Å². The van der Waals surface area contributed by atoms with Crippen molar-refractivity contribution in [1.29, 1.82) is 0 Å². The molecule has 2 aromatic heterocycles. The maximum absolute atomic E-state index is 8.68. The second-order valence-corrected chi connectivity index (χ2v) is 2.62. The van der Waals surface area contributed by atoms with Crippen molar-refractivity contribution in [3.8, 4) is 5.95 Å². The van der Waals surface area contributed by atoms with Crippen LogP contribution >= 0.6 is 0 Å². The molecule has 0 amide bonds. The van der Waals surface area contributed by atoms with Gasteiger partial charge in [0, 0.05) is 19.0 Å². The van der Waals surface area contributed by atoms with Crippen molar-refractivity contribution in [3.63, 3.8) is 0 Å². The molecule has 7 nitrogen and oxygen atoms in total. The zero-order chi connectivity index (χ0) is 9.80. The average molecular weight is 192 g/mol. The van der Waals surface area contributed by atoms with Crippen molar-refractivity contribution >= 4 is 0 Å². The minimum Gasteiger partial charge on any atom is -0.396 e. The molecule has 0 saturated carbocycles. The molecule has 0 aromatic carbocycles. The molecule has 0 saturated heterocycles. The summed E-state index contributed by atoms with van der Waals surface area (Å²) in [7, 11) is 0. The van der Waals surface area contributed by atoms with E-state index in [0.29, 0.717) is 12.4 Å². The fourth-order valence-corrected chi connectivity index (χ4v) is 0.977. The maximum Gasteiger partial charge on any atom is 0.253 e. The van der Waals surface area contributed by atoms with Gasteiger partial charge in [-0.25, -0.2) is 9.97 Å². The van der Waals surface area contributed by atoms with Crippen LogP contribution in [0.25, 0.3) is 5.95 Å². The predicted molar refractivity (Wildman–Crippen MR) is 45.5 cm³/mol. The van der Waals surface area contributed by atoms with Crippen LogP contribution < -0.4 is 0 Å². The fraction of sp³-hybridized carbons (Fsp3) is 0.286. The van der Waals surface area contributed by atoms with Crippen LogP contribution in [-0.2, 0) is 6.42 Å². The molecule has 1 N–H and O–H groups in total. The molecule has 0 spiro atoms. The third-order valence-electron chi connectivity index (χ3n) is 1.65. The van der Waals surface area contributed by atoms with Gasteiger partial charge < -0.3 is 5.11 Å². The highest BCUT2D eigenvalue weighted by molar-refractivity contribution is 5.12. The number of nitrogens with zero attached hydrogens (tertiary/aromatic N) is 6. The van der Waals surface area contributed by atoms with Gasteiger partial charge in [-0.15, -0.1) is 5.10 Å². The molecule has 7 heteroatoms. The van der Waals surface area contributed by atoms with Gasteiger partial charge in [-0.05, 0) is 22.4 Å². The van der Waals surface area contributed by atoms with E-state index in [-0.39, 0.29) is 6.61 Å². The lowest BCUT2D eigenvalue weighted by Crippen LogP contribution is -2.03. The van der Waals surface area contributed by atoms with Gasteiger partial charge in [-0.1, -0.05) is 0 Å². The van der Waals surface area contributed by atoms with E-state index < -0.39 is 0 Å². The van der Waals surface area contributed by atoms with Crippen LogP contribution in [0.15, 0.2) is 18.7 Å². The summed E-state index contributed by atoms with van der Waals surface area (Å²) >= 11 is 0. The second kappa shape index (κ2) is 3.88. The summed E-state index contributed by atoms with van der Waals surface area (Å²) in [5.41, 5.74) is 0.879. The summed E-state index contributed by atoms with van der Waals surface area (Å²) in [4.78, 5) is 8.08. The summed E-state index contributed by atoms with van der Waals surface area (Å²) in [6.07, 6.45) is 5.25. The van der Waals surface area contributed by atoms with E-state index in [1.54, 1.807) is 12.4 Å². The summed E-state index contributed by atoms with van der Waals surface area (Å²) in [6, 6.07) is 0. The van der Waals surface area contributed by atoms with Crippen LogP contribution in [0.2, 0.25) is 0 Å². The molecule has 0 aliphatic carbocycles. The Labute approximate surface area is 79.4 Å². The molecule has 0 fully saturated rings. The molecule has 72 valence electrons. The van der Waals surface area contributed by atoms with Crippen molar-refractivity contribution in [1.82, 2.24) is 30.2 Å². The molecule has 0 radical (unpaired) electrons. The monoisotopic (exact) mass is 192 g/mol. The number of aliphatic hydroxyl groups excluding tert-OH is 1. The molecular weight excluding hydrogens is 184 g/mol. The van der Waals surface area contributed by atoms with Gasteiger partial charge in [0.2, 0.25) is 0 Å². The Morgan fingerprint density at radius 3 is 2.64 bits per heavy atom. The lowest BCUT2D eigenvalue weighted by atomic mass is 10.3. The fourth-order valence-electron chi connectivity index (χ4n) is 0.977. The van der Waals surface area contributed by atoms with Gasteiger partial charge in [-0.3, -0.25) is 0 Å². The Morgan fingerprint density at radius 1 is 1.29 bits per heavy atom. The van der Waals surface area contributed by atoms with Gasteiger partial charge in [0.1, 0.15) is 6.33 Å². The van der Waals surface area contributed by atoms with Crippen molar-refractivity contribution < 1.29 is 5.11 Å². The van der Waals surface area contributed by atoms with Crippen molar-refractivity contribution in [3.05, 3.63) is 24.3 Å². The highest BCUT2D eigenvalue weighted by Gasteiger charge is 2.00. The Balaban J connectivity index is 2.22. The highest BCUT2D eigenvalue weighted by Crippen LogP contribution is 1.99. The molecule has 2 heterocycles. The smallest absolute Gasteiger partial charge is 0.253 e. The van der Waals surface area contributed by atoms with Crippen LogP contribution in [0, 0.1) is 0 Å². The number of aromatic nitrogens is 6. The predicted octanol–water partition coefficient (Wildman–Crippen LogP) is -1.01. The van der Waals surface area contributed by atoms with E-state index in [1.807, 2.05) is 0 Å². The van der Waals surface area contributed by atoms with E-state index in [2.05, 4.69) is 25.5 Å². The second-order valence-electron chi connectivity index (χ2n) is 2.62. The zero-order valence-electron chi connectivity index (χ0n) is 7.28. The van der Waals surface area contributed by atoms with E-state index in [4.69, 9.17) is 5.11 Å². The molecule has 0 bridgehead atoms. The third-order valence-corrected chi connectivity index (χ3v) is 1.65. The van der Waals surface area contributed by atoms with E-state index in [9.17, 15) is 0 Å². The van der Waals surface area contributed by atoms with Crippen molar-refractivity contribution in [2.45, 2.75) is 6.42 Å². The summed E-state index contributed by atoms with van der Waals surface area (Å²) in [5.74, 6) is 0.414. The van der Waals surface area contributed by atoms with Crippen LogP contribution in [0.1, 0.15) is 5.56 Å². The van der Waals surface area contributed by atoms with Crippen LogP contribution in [0.3, 0.4) is 0 Å². The largest absolute Gasteiger partial charge is 0.396 e. The third kappa shape index (κ3) is 1.72. The number of rotatable bonds is 3. The van der Waals surface area contributed by atoms with Gasteiger partial charge in [0.15, 0.2) is 0 Å². The molecule has 2 aromatic rings. The van der Waals surface area contributed by atoms with Crippen molar-refractivity contribution in [2.24, 2.45) is 0 Å². The Hall–Kier alpha value is -1.89. The first-order valence-corrected chi connectivity index (χ1v) is 4.05. The minimum absolute atomic E-state index is 0.0909. The number of tetrazole rings is 1. The lowest BCUT2D eigenvalue weighted by molar-refractivity contribution is 0.299. The van der Waals surface area contributed by atoms with Crippen LogP contribution in [0.5, 0.6) is 0 Å². The van der Waals surface area contributed by atoms with Gasteiger partial charge in [-0.2, -0.15) is 4.68 Å². The molecule has 2 rings (SSSR count). The Bertz CT molecular complexity index is 383. The van der Waals surface area contributed by atoms with Gasteiger partial charge >= 0.3 is 0 Å². The summed E-state index contributed by atoms with van der Waals surface area (Å²) in [6.45, 7) is 0.0909. The lowest BCUT2D eigenvalue weighted by Gasteiger charge is -1.98. The van der Waals surface area contributed by atoms with Crippen LogP contribution in [0.4, 0.5) is 0 Å². The number of aliphatic hydroxyl groups is 1. The molecule has 0 aliphatic heterocycles. The molecule has 0 aliphatic rings.